The molecule has 0 amide bonds. The summed E-state index contributed by atoms with van der Waals surface area (Å²) in [4.78, 5) is 23.2. The maximum atomic E-state index is 12.9. The number of carbonyl (C=O) groups excluding carboxylic acids is 1. The molecule has 0 bridgehead atoms. The molecule has 0 saturated carbocycles. The maximum absolute atomic E-state index is 12.9. The highest BCUT2D eigenvalue weighted by Crippen LogP contribution is 2.36. The summed E-state index contributed by atoms with van der Waals surface area (Å²) in [5.74, 6) is -0.00796. The Balaban J connectivity index is 1.95. The SMILES string of the molecule is C=CCC1(OC)CCc2cc(-c3ccc([N+](=O)[O-])cc3)ccc2C1=O. The highest BCUT2D eigenvalue weighted by Gasteiger charge is 2.41. The first-order chi connectivity index (χ1) is 12.0. The molecule has 1 aliphatic carbocycles. The average Bonchev–Trinajstić information content (AvgIpc) is 2.64. The molecular weight excluding hydrogens is 318 g/mol. The van der Waals surface area contributed by atoms with Crippen LogP contribution in [0, 0.1) is 10.1 Å². The van der Waals surface area contributed by atoms with Crippen molar-refractivity contribution in [2.75, 3.05) is 7.11 Å². The Kier molecular flexibility index (Phi) is 4.51. The van der Waals surface area contributed by atoms with Crippen molar-refractivity contribution in [3.63, 3.8) is 0 Å². The number of rotatable bonds is 5. The molecule has 3 rings (SSSR count). The minimum atomic E-state index is -0.816. The van der Waals surface area contributed by atoms with E-state index in [-0.39, 0.29) is 11.5 Å². The van der Waals surface area contributed by atoms with Gasteiger partial charge in [-0.2, -0.15) is 0 Å². The van der Waals surface area contributed by atoms with E-state index in [1.54, 1.807) is 25.3 Å². The number of ketones is 1. The lowest BCUT2D eigenvalue weighted by molar-refractivity contribution is -0.384. The van der Waals surface area contributed by atoms with E-state index >= 15 is 0 Å². The summed E-state index contributed by atoms with van der Waals surface area (Å²) in [5, 5.41) is 10.8. The van der Waals surface area contributed by atoms with Crippen molar-refractivity contribution in [2.45, 2.75) is 24.9 Å². The monoisotopic (exact) mass is 337 g/mol. The first-order valence-corrected chi connectivity index (χ1v) is 8.09. The molecule has 128 valence electrons. The Morgan fingerprint density at radius 3 is 2.52 bits per heavy atom. The lowest BCUT2D eigenvalue weighted by atomic mass is 9.76. The first-order valence-electron chi connectivity index (χ1n) is 8.09. The van der Waals surface area contributed by atoms with Gasteiger partial charge in [0.25, 0.3) is 5.69 Å². The molecule has 1 atom stereocenters. The molecule has 2 aromatic rings. The highest BCUT2D eigenvalue weighted by molar-refractivity contribution is 6.05. The van der Waals surface area contributed by atoms with E-state index in [1.165, 1.54) is 12.1 Å². The predicted molar refractivity (Wildman–Crippen MR) is 95.7 cm³/mol. The minimum Gasteiger partial charge on any atom is -0.370 e. The molecular formula is C20H19NO4. The Bertz CT molecular complexity index is 841. The van der Waals surface area contributed by atoms with Gasteiger partial charge in [-0.3, -0.25) is 14.9 Å². The molecule has 0 aromatic heterocycles. The molecule has 25 heavy (non-hydrogen) atoms. The zero-order valence-electron chi connectivity index (χ0n) is 14.0. The molecule has 5 nitrogen and oxygen atoms in total. The number of nitrogens with zero attached hydrogens (tertiary/aromatic N) is 1. The van der Waals surface area contributed by atoms with Gasteiger partial charge in [-0.1, -0.05) is 24.3 Å². The first kappa shape index (κ1) is 17.0. The third-order valence-electron chi connectivity index (χ3n) is 4.84. The fraction of sp³-hybridized carbons (Fsp3) is 0.250. The van der Waals surface area contributed by atoms with Crippen LogP contribution in [0.2, 0.25) is 0 Å². The maximum Gasteiger partial charge on any atom is 0.269 e. The molecule has 5 heteroatoms. The Labute approximate surface area is 146 Å². The van der Waals surface area contributed by atoms with Crippen molar-refractivity contribution in [1.82, 2.24) is 0 Å². The number of ether oxygens (including phenoxy) is 1. The molecule has 0 radical (unpaired) electrons. The van der Waals surface area contributed by atoms with Gasteiger partial charge in [0.15, 0.2) is 5.78 Å². The number of nitro groups is 1. The molecule has 2 aromatic carbocycles. The van der Waals surface area contributed by atoms with Crippen LogP contribution in [0.4, 0.5) is 5.69 Å². The second-order valence-electron chi connectivity index (χ2n) is 6.20. The molecule has 0 fully saturated rings. The molecule has 0 aliphatic heterocycles. The number of methoxy groups -OCH3 is 1. The van der Waals surface area contributed by atoms with Crippen LogP contribution in [0.15, 0.2) is 55.1 Å². The normalized spacial score (nSPS) is 19.3. The second kappa shape index (κ2) is 6.61. The van der Waals surface area contributed by atoms with Gasteiger partial charge < -0.3 is 4.74 Å². The number of fused-ring (bicyclic) bond motifs is 1. The van der Waals surface area contributed by atoms with Gasteiger partial charge in [-0.05, 0) is 41.7 Å². The quantitative estimate of drug-likeness (QED) is 0.462. The van der Waals surface area contributed by atoms with Gasteiger partial charge in [-0.15, -0.1) is 6.58 Å². The van der Waals surface area contributed by atoms with Crippen LogP contribution in [0.1, 0.15) is 28.8 Å². The van der Waals surface area contributed by atoms with Gasteiger partial charge in [-0.25, -0.2) is 0 Å². The van der Waals surface area contributed by atoms with Crippen LogP contribution in [-0.2, 0) is 11.2 Å². The fourth-order valence-corrected chi connectivity index (χ4v) is 3.38. The van der Waals surface area contributed by atoms with Crippen molar-refractivity contribution in [3.05, 3.63) is 76.4 Å². The molecule has 0 spiro atoms. The summed E-state index contributed by atoms with van der Waals surface area (Å²) in [6.45, 7) is 3.73. The van der Waals surface area contributed by atoms with E-state index in [9.17, 15) is 14.9 Å². The van der Waals surface area contributed by atoms with Crippen molar-refractivity contribution in [1.29, 1.82) is 0 Å². The average molecular weight is 337 g/mol. The van der Waals surface area contributed by atoms with Gasteiger partial charge in [0.2, 0.25) is 0 Å². The standard InChI is InChI=1S/C20H19NO4/c1-3-11-20(25-2)12-10-16-13-15(6-9-18(16)19(20)22)14-4-7-17(8-5-14)21(23)24/h3-9,13H,1,10-12H2,2H3. The number of hydrogen-bond donors (Lipinski definition) is 0. The number of benzene rings is 2. The Morgan fingerprint density at radius 1 is 1.24 bits per heavy atom. The van der Waals surface area contributed by atoms with Gasteiger partial charge in [0.05, 0.1) is 4.92 Å². The zero-order chi connectivity index (χ0) is 18.0. The van der Waals surface area contributed by atoms with Crippen LogP contribution in [0.5, 0.6) is 0 Å². The van der Waals surface area contributed by atoms with Crippen LogP contribution in [-0.4, -0.2) is 23.4 Å². The summed E-state index contributed by atoms with van der Waals surface area (Å²) in [5.41, 5.74) is 2.74. The summed E-state index contributed by atoms with van der Waals surface area (Å²) in [6, 6.07) is 12.1. The summed E-state index contributed by atoms with van der Waals surface area (Å²) in [7, 11) is 1.57. The predicted octanol–water partition coefficient (Wildman–Crippen LogP) is 4.35. The van der Waals surface area contributed by atoms with Crippen LogP contribution in [0.3, 0.4) is 0 Å². The molecule has 1 aliphatic rings. The summed E-state index contributed by atoms with van der Waals surface area (Å²) >= 11 is 0. The molecule has 0 saturated heterocycles. The van der Waals surface area contributed by atoms with Crippen LogP contribution in [0.25, 0.3) is 11.1 Å². The number of hydrogen-bond acceptors (Lipinski definition) is 4. The zero-order valence-corrected chi connectivity index (χ0v) is 14.0. The topological polar surface area (TPSA) is 69.4 Å². The Hall–Kier alpha value is -2.79. The van der Waals surface area contributed by atoms with Crippen molar-refractivity contribution >= 4 is 11.5 Å². The van der Waals surface area contributed by atoms with Gasteiger partial charge in [0.1, 0.15) is 5.60 Å². The van der Waals surface area contributed by atoms with E-state index in [4.69, 9.17) is 4.74 Å². The van der Waals surface area contributed by atoms with E-state index in [0.717, 1.165) is 23.1 Å². The minimum absolute atomic E-state index is 0.00796. The van der Waals surface area contributed by atoms with Crippen LogP contribution >= 0.6 is 0 Å². The van der Waals surface area contributed by atoms with E-state index in [0.29, 0.717) is 18.4 Å². The third-order valence-corrected chi connectivity index (χ3v) is 4.84. The summed E-state index contributed by atoms with van der Waals surface area (Å²) in [6.07, 6.45) is 3.57. The fourth-order valence-electron chi connectivity index (χ4n) is 3.38. The van der Waals surface area contributed by atoms with Crippen LogP contribution < -0.4 is 0 Å². The van der Waals surface area contributed by atoms with Crippen molar-refractivity contribution in [3.8, 4) is 11.1 Å². The largest absolute Gasteiger partial charge is 0.370 e. The van der Waals surface area contributed by atoms with E-state index in [2.05, 4.69) is 6.58 Å². The highest BCUT2D eigenvalue weighted by atomic mass is 16.6. The van der Waals surface area contributed by atoms with E-state index in [1.807, 2.05) is 18.2 Å². The number of carbonyl (C=O) groups is 1. The lowest BCUT2D eigenvalue weighted by Gasteiger charge is -2.34. The number of Topliss-reactive ketones (excluding diaryl/α,β-unsaturated/α-hetero) is 1. The van der Waals surface area contributed by atoms with Gasteiger partial charge in [0, 0.05) is 31.2 Å². The summed E-state index contributed by atoms with van der Waals surface area (Å²) < 4.78 is 5.55. The van der Waals surface area contributed by atoms with Gasteiger partial charge >= 0.3 is 0 Å². The number of nitro benzene ring substituents is 1. The lowest BCUT2D eigenvalue weighted by Crippen LogP contribution is -2.44. The van der Waals surface area contributed by atoms with E-state index < -0.39 is 10.5 Å². The van der Waals surface area contributed by atoms with Crippen molar-refractivity contribution < 1.29 is 14.5 Å². The number of aryl methyl sites for hydroxylation is 1. The molecule has 1 unspecified atom stereocenters. The second-order valence-corrected chi connectivity index (χ2v) is 6.20. The number of non-ortho nitro benzene ring substituents is 1. The smallest absolute Gasteiger partial charge is 0.269 e. The Morgan fingerprint density at radius 2 is 1.92 bits per heavy atom. The molecule has 0 heterocycles. The third kappa shape index (κ3) is 2.98. The van der Waals surface area contributed by atoms with Crippen molar-refractivity contribution in [2.24, 2.45) is 0 Å². The molecule has 0 N–H and O–H groups in total.